The fourth-order valence-corrected chi connectivity index (χ4v) is 1.62. The van der Waals surface area contributed by atoms with Crippen LogP contribution >= 0.6 is 0 Å². The highest BCUT2D eigenvalue weighted by atomic mass is 19.4. The van der Waals surface area contributed by atoms with E-state index >= 15 is 0 Å². The highest BCUT2D eigenvalue weighted by Crippen LogP contribution is 2.40. The number of benzene rings is 1. The first-order valence-corrected chi connectivity index (χ1v) is 5.58. The van der Waals surface area contributed by atoms with Crippen molar-refractivity contribution in [3.8, 4) is 5.75 Å². The van der Waals surface area contributed by atoms with Gasteiger partial charge in [0, 0.05) is 5.69 Å². The molecule has 0 atom stereocenters. The summed E-state index contributed by atoms with van der Waals surface area (Å²) in [7, 11) is 0. The Balaban J connectivity index is 3.12. The molecule has 1 rings (SSSR count). The number of amides is 1. The molecule has 0 unspecified atom stereocenters. The van der Waals surface area contributed by atoms with Crippen molar-refractivity contribution in [2.45, 2.75) is 26.2 Å². The van der Waals surface area contributed by atoms with E-state index in [-0.39, 0.29) is 22.6 Å². The predicted octanol–water partition coefficient (Wildman–Crippen LogP) is 3.69. The number of aromatic hydroxyl groups is 1. The van der Waals surface area contributed by atoms with Crippen molar-refractivity contribution in [2.24, 2.45) is 5.92 Å². The Morgan fingerprint density at radius 2 is 1.52 bits per heavy atom. The first-order valence-electron chi connectivity index (χ1n) is 5.58. The van der Waals surface area contributed by atoms with Crippen molar-refractivity contribution >= 4 is 11.6 Å². The molecule has 0 bridgehead atoms. The van der Waals surface area contributed by atoms with Gasteiger partial charge in [-0.3, -0.25) is 4.79 Å². The largest absolute Gasteiger partial charge is 0.508 e. The average molecular weight is 315 g/mol. The number of nitrogens with one attached hydrogen (secondary N) is 1. The lowest BCUT2D eigenvalue weighted by Gasteiger charge is -2.22. The molecule has 0 fully saturated rings. The summed E-state index contributed by atoms with van der Waals surface area (Å²) in [5.41, 5.74) is 0.106. The Morgan fingerprint density at radius 1 is 1.05 bits per heavy atom. The second-order valence-electron chi connectivity index (χ2n) is 4.46. The molecule has 0 heterocycles. The summed E-state index contributed by atoms with van der Waals surface area (Å²) in [6.07, 6.45) is -11.5. The van der Waals surface area contributed by atoms with Gasteiger partial charge in [0.1, 0.15) is 5.75 Å². The number of phenols is 1. The molecule has 1 aromatic rings. The Kier molecular flexibility index (Phi) is 4.45. The summed E-state index contributed by atoms with van der Waals surface area (Å²) in [5.74, 6) is -6.52. The Morgan fingerprint density at radius 3 is 1.95 bits per heavy atom. The highest BCUT2D eigenvalue weighted by Gasteiger charge is 2.61. The molecule has 118 valence electrons. The van der Waals surface area contributed by atoms with Gasteiger partial charge in [0.25, 0.3) is 0 Å². The molecular formula is C12H11F6NO2. The quantitative estimate of drug-likeness (QED) is 0.646. The number of hydrogen-bond donors (Lipinski definition) is 2. The number of carbonyl (C=O) groups excluding carboxylic acids is 1. The minimum Gasteiger partial charge on any atom is -0.508 e. The Hall–Kier alpha value is -1.93. The third kappa shape index (κ3) is 4.02. The predicted molar refractivity (Wildman–Crippen MR) is 61.8 cm³/mol. The van der Waals surface area contributed by atoms with E-state index in [1.54, 1.807) is 5.32 Å². The van der Waals surface area contributed by atoms with Crippen molar-refractivity contribution in [3.63, 3.8) is 0 Å². The normalized spacial score (nSPS) is 12.6. The monoisotopic (exact) mass is 315 g/mol. The first-order chi connectivity index (χ1) is 9.34. The van der Waals surface area contributed by atoms with Crippen LogP contribution in [0, 0.1) is 19.8 Å². The maximum Gasteiger partial charge on any atom is 0.409 e. The van der Waals surface area contributed by atoms with Crippen LogP contribution in [-0.4, -0.2) is 23.4 Å². The zero-order valence-electron chi connectivity index (χ0n) is 10.9. The van der Waals surface area contributed by atoms with E-state index in [9.17, 15) is 36.2 Å². The van der Waals surface area contributed by atoms with E-state index in [1.165, 1.54) is 13.8 Å². The van der Waals surface area contributed by atoms with Gasteiger partial charge >= 0.3 is 12.4 Å². The summed E-state index contributed by atoms with van der Waals surface area (Å²) in [5, 5.41) is 11.0. The number of phenolic OH excluding ortho intramolecular Hbond substituents is 1. The molecule has 0 aliphatic carbocycles. The van der Waals surface area contributed by atoms with Crippen molar-refractivity contribution in [1.82, 2.24) is 0 Å². The van der Waals surface area contributed by atoms with Gasteiger partial charge in [-0.15, -0.1) is 0 Å². The fourth-order valence-electron chi connectivity index (χ4n) is 1.62. The summed E-state index contributed by atoms with van der Waals surface area (Å²) >= 11 is 0. The van der Waals surface area contributed by atoms with Crippen molar-refractivity contribution in [1.29, 1.82) is 0 Å². The second kappa shape index (κ2) is 5.45. The van der Waals surface area contributed by atoms with Crippen LogP contribution in [0.15, 0.2) is 12.1 Å². The summed E-state index contributed by atoms with van der Waals surface area (Å²) < 4.78 is 74.4. The van der Waals surface area contributed by atoms with Gasteiger partial charge in [-0.05, 0) is 37.1 Å². The Labute approximate surface area is 115 Å². The standard InChI is InChI=1S/C12H11F6NO2/c1-5-4-8(20)6(2)3-7(5)19-10(21)9(11(13,14)15)12(16,17)18/h3-4,9,20H,1-2H3,(H,19,21). The van der Waals surface area contributed by atoms with E-state index in [1.807, 2.05) is 0 Å². The van der Waals surface area contributed by atoms with Gasteiger partial charge in [0.15, 0.2) is 0 Å². The number of aryl methyl sites for hydroxylation is 2. The van der Waals surface area contributed by atoms with Crippen LogP contribution in [0.4, 0.5) is 32.0 Å². The summed E-state index contributed by atoms with van der Waals surface area (Å²) in [6.45, 7) is 2.71. The number of halogens is 6. The van der Waals surface area contributed by atoms with Crippen LogP contribution in [0.1, 0.15) is 11.1 Å². The average Bonchev–Trinajstić information content (AvgIpc) is 2.21. The number of alkyl halides is 6. The smallest absolute Gasteiger partial charge is 0.409 e. The summed E-state index contributed by atoms with van der Waals surface area (Å²) in [6, 6.07) is 2.22. The topological polar surface area (TPSA) is 49.3 Å². The van der Waals surface area contributed by atoms with Gasteiger partial charge < -0.3 is 10.4 Å². The third-order valence-corrected chi connectivity index (χ3v) is 2.72. The number of carbonyl (C=O) groups is 1. The SMILES string of the molecule is Cc1cc(NC(=O)C(C(F)(F)F)C(F)(F)F)c(C)cc1O. The van der Waals surface area contributed by atoms with Gasteiger partial charge in [0.2, 0.25) is 11.8 Å². The minimum atomic E-state index is -5.75. The molecule has 1 amide bonds. The van der Waals surface area contributed by atoms with Crippen LogP contribution in [0.2, 0.25) is 0 Å². The molecule has 0 saturated heterocycles. The van der Waals surface area contributed by atoms with Gasteiger partial charge in [0.05, 0.1) is 0 Å². The van der Waals surface area contributed by atoms with E-state index in [0.717, 1.165) is 12.1 Å². The van der Waals surface area contributed by atoms with Gasteiger partial charge in [-0.1, -0.05) is 0 Å². The van der Waals surface area contributed by atoms with Crippen LogP contribution < -0.4 is 5.32 Å². The molecule has 0 aromatic heterocycles. The van der Waals surface area contributed by atoms with E-state index in [2.05, 4.69) is 0 Å². The van der Waals surface area contributed by atoms with Crippen LogP contribution in [-0.2, 0) is 4.79 Å². The third-order valence-electron chi connectivity index (χ3n) is 2.72. The highest BCUT2D eigenvalue weighted by molar-refractivity contribution is 5.94. The maximum absolute atomic E-state index is 12.4. The molecule has 2 N–H and O–H groups in total. The van der Waals surface area contributed by atoms with Gasteiger partial charge in [-0.25, -0.2) is 0 Å². The molecule has 0 radical (unpaired) electrons. The number of hydrogen-bond acceptors (Lipinski definition) is 2. The fraction of sp³-hybridized carbons (Fsp3) is 0.417. The zero-order chi connectivity index (χ0) is 16.6. The van der Waals surface area contributed by atoms with Crippen molar-refractivity contribution in [3.05, 3.63) is 23.3 Å². The molecule has 1 aromatic carbocycles. The van der Waals surface area contributed by atoms with E-state index in [0.29, 0.717) is 0 Å². The number of rotatable bonds is 2. The van der Waals surface area contributed by atoms with Gasteiger partial charge in [-0.2, -0.15) is 26.3 Å². The van der Waals surface area contributed by atoms with E-state index in [4.69, 9.17) is 0 Å². The molecule has 0 saturated carbocycles. The minimum absolute atomic E-state index is 0.134. The van der Waals surface area contributed by atoms with E-state index < -0.39 is 24.2 Å². The first kappa shape index (κ1) is 17.1. The number of anilines is 1. The maximum atomic E-state index is 12.4. The molecular weight excluding hydrogens is 304 g/mol. The van der Waals surface area contributed by atoms with Crippen molar-refractivity contribution < 1.29 is 36.2 Å². The molecule has 0 aliphatic heterocycles. The van der Waals surface area contributed by atoms with Crippen LogP contribution in [0.3, 0.4) is 0 Å². The molecule has 0 aliphatic rings. The zero-order valence-corrected chi connectivity index (χ0v) is 10.9. The van der Waals surface area contributed by atoms with Crippen LogP contribution in [0.5, 0.6) is 5.75 Å². The molecule has 21 heavy (non-hydrogen) atoms. The molecule has 3 nitrogen and oxygen atoms in total. The summed E-state index contributed by atoms with van der Waals surface area (Å²) in [4.78, 5) is 11.3. The molecule has 0 spiro atoms. The second-order valence-corrected chi connectivity index (χ2v) is 4.46. The lowest BCUT2D eigenvalue weighted by Crippen LogP contribution is -2.45. The lowest BCUT2D eigenvalue weighted by atomic mass is 10.1. The van der Waals surface area contributed by atoms with Crippen LogP contribution in [0.25, 0.3) is 0 Å². The Bertz CT molecular complexity index is 536. The lowest BCUT2D eigenvalue weighted by molar-refractivity contribution is -0.272. The van der Waals surface area contributed by atoms with Crippen molar-refractivity contribution in [2.75, 3.05) is 5.32 Å². The molecule has 9 heteroatoms.